The van der Waals surface area contributed by atoms with Crippen LogP contribution in [0.1, 0.15) is 24.5 Å². The molecule has 0 heterocycles. The van der Waals surface area contributed by atoms with Crippen molar-refractivity contribution < 1.29 is 4.79 Å². The number of carbonyl (C=O) groups excluding carboxylic acids is 1. The Morgan fingerprint density at radius 2 is 2.06 bits per heavy atom. The number of nitrogens with two attached hydrogens (primary N) is 1. The number of thioether (sulfide) groups is 1. The zero-order valence-electron chi connectivity index (χ0n) is 11.1. The van der Waals surface area contributed by atoms with Crippen molar-refractivity contribution in [1.29, 1.82) is 0 Å². The Balaban J connectivity index is 2.49. The van der Waals surface area contributed by atoms with E-state index in [2.05, 4.69) is 11.6 Å². The fraction of sp³-hybridized carbons (Fsp3) is 0.500. The van der Waals surface area contributed by atoms with E-state index < -0.39 is 0 Å². The maximum absolute atomic E-state index is 11.9. The van der Waals surface area contributed by atoms with E-state index in [-0.39, 0.29) is 11.9 Å². The minimum atomic E-state index is 0.0736. The minimum Gasteiger partial charge on any atom is -0.353 e. The van der Waals surface area contributed by atoms with Crippen molar-refractivity contribution in [2.24, 2.45) is 5.73 Å². The summed E-state index contributed by atoms with van der Waals surface area (Å²) in [7, 11) is 0. The smallest absolute Gasteiger partial charge is 0.224 e. The van der Waals surface area contributed by atoms with Crippen LogP contribution in [-0.2, 0) is 17.8 Å². The molecule has 0 aliphatic rings. The lowest BCUT2D eigenvalue weighted by Crippen LogP contribution is -2.34. The van der Waals surface area contributed by atoms with E-state index in [0.29, 0.717) is 13.0 Å². The van der Waals surface area contributed by atoms with Gasteiger partial charge in [-0.25, -0.2) is 0 Å². The predicted octanol–water partition coefficient (Wildman–Crippen LogP) is 1.95. The minimum absolute atomic E-state index is 0.0736. The fourth-order valence-corrected chi connectivity index (χ4v) is 2.38. The number of carbonyl (C=O) groups is 1. The third kappa shape index (κ3) is 5.10. The van der Waals surface area contributed by atoms with Gasteiger partial charge in [0.2, 0.25) is 5.91 Å². The molecule has 18 heavy (non-hydrogen) atoms. The summed E-state index contributed by atoms with van der Waals surface area (Å²) in [5.41, 5.74) is 7.73. The van der Waals surface area contributed by atoms with Gasteiger partial charge in [-0.2, -0.15) is 11.8 Å². The number of benzene rings is 1. The molecular formula is C14H22N2OS. The van der Waals surface area contributed by atoms with Gasteiger partial charge in [-0.05, 0) is 36.5 Å². The summed E-state index contributed by atoms with van der Waals surface area (Å²) in [6.07, 6.45) is 3.49. The predicted molar refractivity (Wildman–Crippen MR) is 78.6 cm³/mol. The second-order valence-corrected chi connectivity index (χ2v) is 5.39. The Morgan fingerprint density at radius 3 is 2.67 bits per heavy atom. The molecule has 100 valence electrons. The Kier molecular flexibility index (Phi) is 6.83. The first-order chi connectivity index (χ1) is 8.67. The third-order valence-corrected chi connectivity index (χ3v) is 3.50. The molecular weight excluding hydrogens is 244 g/mol. The van der Waals surface area contributed by atoms with Crippen molar-refractivity contribution in [3.63, 3.8) is 0 Å². The van der Waals surface area contributed by atoms with Gasteiger partial charge >= 0.3 is 0 Å². The van der Waals surface area contributed by atoms with Crippen LogP contribution in [0.4, 0.5) is 0 Å². The molecule has 3 N–H and O–H groups in total. The SMILES string of the molecule is CSCCC(C)NC(=O)Cc1ccccc1CN. The first-order valence-electron chi connectivity index (χ1n) is 6.22. The highest BCUT2D eigenvalue weighted by Gasteiger charge is 2.09. The lowest BCUT2D eigenvalue weighted by molar-refractivity contribution is -0.121. The molecule has 4 heteroatoms. The molecule has 1 aromatic carbocycles. The van der Waals surface area contributed by atoms with Gasteiger partial charge in [-0.3, -0.25) is 4.79 Å². The highest BCUT2D eigenvalue weighted by Crippen LogP contribution is 2.09. The Morgan fingerprint density at radius 1 is 1.39 bits per heavy atom. The summed E-state index contributed by atoms with van der Waals surface area (Å²) in [6.45, 7) is 2.52. The van der Waals surface area contributed by atoms with E-state index in [1.165, 1.54) is 0 Å². The first-order valence-corrected chi connectivity index (χ1v) is 7.62. The molecule has 0 aromatic heterocycles. The lowest BCUT2D eigenvalue weighted by atomic mass is 10.0. The van der Waals surface area contributed by atoms with Crippen LogP contribution < -0.4 is 11.1 Å². The lowest BCUT2D eigenvalue weighted by Gasteiger charge is -2.14. The number of amides is 1. The van der Waals surface area contributed by atoms with Gasteiger partial charge in [-0.15, -0.1) is 0 Å². The standard InChI is InChI=1S/C14H22N2OS/c1-11(7-8-18-2)16-14(17)9-12-5-3-4-6-13(12)10-15/h3-6,11H,7-10,15H2,1-2H3,(H,16,17). The van der Waals surface area contributed by atoms with E-state index in [4.69, 9.17) is 5.73 Å². The first kappa shape index (κ1) is 15.1. The van der Waals surface area contributed by atoms with Gasteiger partial charge in [-0.1, -0.05) is 24.3 Å². The van der Waals surface area contributed by atoms with Crippen LogP contribution >= 0.6 is 11.8 Å². The molecule has 0 saturated carbocycles. The summed E-state index contributed by atoms with van der Waals surface area (Å²) >= 11 is 1.80. The third-order valence-electron chi connectivity index (χ3n) is 2.85. The number of nitrogens with one attached hydrogen (secondary N) is 1. The van der Waals surface area contributed by atoms with Crippen molar-refractivity contribution >= 4 is 17.7 Å². The molecule has 0 spiro atoms. The van der Waals surface area contributed by atoms with Gasteiger partial charge in [0.15, 0.2) is 0 Å². The van der Waals surface area contributed by atoms with Gasteiger partial charge in [0.05, 0.1) is 6.42 Å². The van der Waals surface area contributed by atoms with E-state index >= 15 is 0 Å². The average molecular weight is 266 g/mol. The molecule has 0 fully saturated rings. The van der Waals surface area contributed by atoms with Crippen molar-refractivity contribution in [2.45, 2.75) is 32.4 Å². The molecule has 0 aliphatic heterocycles. The van der Waals surface area contributed by atoms with Crippen molar-refractivity contribution in [3.05, 3.63) is 35.4 Å². The Hall–Kier alpha value is -1.00. The zero-order chi connectivity index (χ0) is 13.4. The van der Waals surface area contributed by atoms with Gasteiger partial charge in [0, 0.05) is 12.6 Å². The molecule has 0 radical (unpaired) electrons. The second-order valence-electron chi connectivity index (χ2n) is 4.40. The van der Waals surface area contributed by atoms with Crippen molar-refractivity contribution in [3.8, 4) is 0 Å². The summed E-state index contributed by atoms with van der Waals surface area (Å²) < 4.78 is 0. The summed E-state index contributed by atoms with van der Waals surface area (Å²) in [4.78, 5) is 11.9. The number of hydrogen-bond donors (Lipinski definition) is 2. The quantitative estimate of drug-likeness (QED) is 0.793. The van der Waals surface area contributed by atoms with Crippen LogP contribution in [0.2, 0.25) is 0 Å². The molecule has 1 rings (SSSR count). The topological polar surface area (TPSA) is 55.1 Å². The largest absolute Gasteiger partial charge is 0.353 e. The Labute approximate surface area is 114 Å². The van der Waals surface area contributed by atoms with E-state index in [9.17, 15) is 4.79 Å². The summed E-state index contributed by atoms with van der Waals surface area (Å²) in [6, 6.07) is 8.06. The van der Waals surface area contributed by atoms with E-state index in [1.54, 1.807) is 11.8 Å². The molecule has 1 amide bonds. The normalized spacial score (nSPS) is 12.2. The highest BCUT2D eigenvalue weighted by atomic mass is 32.2. The van der Waals surface area contributed by atoms with Crippen LogP contribution in [-0.4, -0.2) is 24.0 Å². The summed E-state index contributed by atoms with van der Waals surface area (Å²) in [5.74, 6) is 1.14. The van der Waals surface area contributed by atoms with Gasteiger partial charge < -0.3 is 11.1 Å². The molecule has 0 saturated heterocycles. The molecule has 0 bridgehead atoms. The van der Waals surface area contributed by atoms with Gasteiger partial charge in [0.1, 0.15) is 0 Å². The second kappa shape index (κ2) is 8.16. The molecule has 1 atom stereocenters. The van der Waals surface area contributed by atoms with E-state index in [0.717, 1.165) is 23.3 Å². The molecule has 3 nitrogen and oxygen atoms in total. The molecule has 1 aromatic rings. The average Bonchev–Trinajstić information content (AvgIpc) is 2.36. The van der Waals surface area contributed by atoms with Gasteiger partial charge in [0.25, 0.3) is 0 Å². The van der Waals surface area contributed by atoms with E-state index in [1.807, 2.05) is 31.2 Å². The highest BCUT2D eigenvalue weighted by molar-refractivity contribution is 7.98. The fourth-order valence-electron chi connectivity index (χ4n) is 1.79. The molecule has 1 unspecified atom stereocenters. The van der Waals surface area contributed by atoms with Crippen LogP contribution in [0.25, 0.3) is 0 Å². The Bertz CT molecular complexity index is 382. The van der Waals surface area contributed by atoms with Crippen LogP contribution in [0, 0.1) is 0 Å². The monoisotopic (exact) mass is 266 g/mol. The van der Waals surface area contributed by atoms with Crippen molar-refractivity contribution in [1.82, 2.24) is 5.32 Å². The maximum atomic E-state index is 11.9. The van der Waals surface area contributed by atoms with Crippen LogP contribution in [0.5, 0.6) is 0 Å². The van der Waals surface area contributed by atoms with Crippen LogP contribution in [0.3, 0.4) is 0 Å². The number of rotatable bonds is 7. The van der Waals surface area contributed by atoms with Crippen LogP contribution in [0.15, 0.2) is 24.3 Å². The number of hydrogen-bond acceptors (Lipinski definition) is 3. The van der Waals surface area contributed by atoms with Crippen molar-refractivity contribution in [2.75, 3.05) is 12.0 Å². The zero-order valence-corrected chi connectivity index (χ0v) is 11.9. The maximum Gasteiger partial charge on any atom is 0.224 e. The molecule has 0 aliphatic carbocycles. The summed E-state index contributed by atoms with van der Waals surface area (Å²) in [5, 5.41) is 3.02.